The van der Waals surface area contributed by atoms with Gasteiger partial charge >= 0.3 is 12.1 Å². The highest BCUT2D eigenvalue weighted by molar-refractivity contribution is 5.75. The molecule has 1 aliphatic rings. The highest BCUT2D eigenvalue weighted by atomic mass is 19.1. The van der Waals surface area contributed by atoms with Crippen LogP contribution in [0.15, 0.2) is 24.3 Å². The molecule has 1 aliphatic heterocycles. The molecule has 1 aromatic carbocycles. The molecular weight excluding hydrogens is 241 g/mol. The van der Waals surface area contributed by atoms with Crippen molar-refractivity contribution < 1.29 is 23.8 Å². The first kappa shape index (κ1) is 12.3. The molecule has 0 spiro atoms. The predicted molar refractivity (Wildman–Crippen MR) is 59.7 cm³/mol. The average Bonchev–Trinajstić information content (AvgIpc) is 2.81. The summed E-state index contributed by atoms with van der Waals surface area (Å²) in [5.74, 6) is -1.63. The maximum absolute atomic E-state index is 12.6. The van der Waals surface area contributed by atoms with E-state index < -0.39 is 23.8 Å². The number of ether oxygens (including phenoxy) is 1. The minimum absolute atomic E-state index is 0.148. The van der Waals surface area contributed by atoms with Crippen LogP contribution in [0.5, 0.6) is 5.75 Å². The summed E-state index contributed by atoms with van der Waals surface area (Å²) in [5, 5.41) is 8.81. The number of nitrogens with zero attached hydrogens (tertiary/aromatic N) is 1. The van der Waals surface area contributed by atoms with E-state index in [2.05, 4.69) is 0 Å². The second-order valence-corrected chi connectivity index (χ2v) is 4.09. The molecule has 6 heteroatoms. The van der Waals surface area contributed by atoms with Gasteiger partial charge in [0.05, 0.1) is 5.92 Å². The highest BCUT2D eigenvalue weighted by Gasteiger charge is 2.31. The van der Waals surface area contributed by atoms with Gasteiger partial charge in [-0.1, -0.05) is 0 Å². The van der Waals surface area contributed by atoms with Crippen molar-refractivity contribution in [3.63, 3.8) is 0 Å². The molecule has 0 aromatic heterocycles. The van der Waals surface area contributed by atoms with Crippen molar-refractivity contribution in [2.75, 3.05) is 13.1 Å². The molecule has 1 unspecified atom stereocenters. The Kier molecular flexibility index (Phi) is 3.45. The summed E-state index contributed by atoms with van der Waals surface area (Å²) in [6, 6.07) is 5.06. The van der Waals surface area contributed by atoms with Gasteiger partial charge in [-0.2, -0.15) is 0 Å². The van der Waals surface area contributed by atoms with Crippen LogP contribution in [-0.4, -0.2) is 35.2 Å². The summed E-state index contributed by atoms with van der Waals surface area (Å²) in [6.45, 7) is 0.506. The van der Waals surface area contributed by atoms with Crippen molar-refractivity contribution in [1.29, 1.82) is 0 Å². The van der Waals surface area contributed by atoms with Gasteiger partial charge in [-0.15, -0.1) is 0 Å². The zero-order chi connectivity index (χ0) is 13.1. The normalized spacial score (nSPS) is 18.7. The first-order valence-electron chi connectivity index (χ1n) is 5.51. The van der Waals surface area contributed by atoms with E-state index in [0.29, 0.717) is 13.0 Å². The average molecular weight is 253 g/mol. The van der Waals surface area contributed by atoms with Gasteiger partial charge in [-0.3, -0.25) is 4.79 Å². The number of rotatable bonds is 2. The van der Waals surface area contributed by atoms with Crippen molar-refractivity contribution in [1.82, 2.24) is 4.90 Å². The molecule has 2 rings (SSSR count). The second kappa shape index (κ2) is 5.03. The topological polar surface area (TPSA) is 66.8 Å². The lowest BCUT2D eigenvalue weighted by Gasteiger charge is -2.15. The van der Waals surface area contributed by atoms with Gasteiger partial charge in [0.2, 0.25) is 0 Å². The number of hydrogen-bond donors (Lipinski definition) is 1. The molecule has 1 aromatic rings. The largest absolute Gasteiger partial charge is 0.481 e. The third kappa shape index (κ3) is 2.77. The lowest BCUT2D eigenvalue weighted by Crippen LogP contribution is -2.32. The Morgan fingerprint density at radius 2 is 2.00 bits per heavy atom. The van der Waals surface area contributed by atoms with E-state index in [1.807, 2.05) is 0 Å². The quantitative estimate of drug-likeness (QED) is 0.871. The standard InChI is InChI=1S/C12H12FNO4/c13-9-1-3-10(4-2-9)18-12(17)14-6-5-8(7-14)11(15)16/h1-4,8H,5-7H2,(H,15,16). The first-order valence-corrected chi connectivity index (χ1v) is 5.51. The summed E-state index contributed by atoms with van der Waals surface area (Å²) < 4.78 is 17.7. The number of aliphatic carboxylic acids is 1. The van der Waals surface area contributed by atoms with Crippen LogP contribution < -0.4 is 4.74 Å². The van der Waals surface area contributed by atoms with Crippen molar-refractivity contribution in [2.24, 2.45) is 5.92 Å². The second-order valence-electron chi connectivity index (χ2n) is 4.09. The van der Waals surface area contributed by atoms with Gasteiger partial charge in [-0.25, -0.2) is 9.18 Å². The summed E-state index contributed by atoms with van der Waals surface area (Å²) >= 11 is 0. The maximum Gasteiger partial charge on any atom is 0.415 e. The van der Waals surface area contributed by atoms with Crippen LogP contribution in [0, 0.1) is 11.7 Å². The number of carbonyl (C=O) groups excluding carboxylic acids is 1. The lowest BCUT2D eigenvalue weighted by atomic mass is 10.1. The van der Waals surface area contributed by atoms with Crippen molar-refractivity contribution in [2.45, 2.75) is 6.42 Å². The maximum atomic E-state index is 12.6. The van der Waals surface area contributed by atoms with E-state index in [1.165, 1.54) is 29.2 Å². The Morgan fingerprint density at radius 3 is 2.56 bits per heavy atom. The molecule has 1 heterocycles. The van der Waals surface area contributed by atoms with Gasteiger partial charge in [-0.05, 0) is 30.7 Å². The minimum Gasteiger partial charge on any atom is -0.481 e. The fourth-order valence-corrected chi connectivity index (χ4v) is 1.80. The fourth-order valence-electron chi connectivity index (χ4n) is 1.80. The number of carboxylic acids is 1. The lowest BCUT2D eigenvalue weighted by molar-refractivity contribution is -0.141. The summed E-state index contributed by atoms with van der Waals surface area (Å²) in [6.07, 6.45) is -0.182. The first-order chi connectivity index (χ1) is 8.56. The van der Waals surface area contributed by atoms with Gasteiger partial charge in [0.25, 0.3) is 0 Å². The van der Waals surface area contributed by atoms with Crippen LogP contribution in [0.4, 0.5) is 9.18 Å². The molecule has 1 amide bonds. The van der Waals surface area contributed by atoms with Crippen LogP contribution in [0.25, 0.3) is 0 Å². The monoisotopic (exact) mass is 253 g/mol. The zero-order valence-electron chi connectivity index (χ0n) is 9.51. The number of benzene rings is 1. The molecule has 96 valence electrons. The van der Waals surface area contributed by atoms with Gasteiger partial charge in [0, 0.05) is 13.1 Å². The van der Waals surface area contributed by atoms with E-state index >= 15 is 0 Å². The Bertz CT molecular complexity index is 460. The number of carboxylic acid groups (broad SMARTS) is 1. The number of carbonyl (C=O) groups is 2. The Balaban J connectivity index is 1.93. The summed E-state index contributed by atoms with van der Waals surface area (Å²) in [7, 11) is 0. The van der Waals surface area contributed by atoms with E-state index in [1.54, 1.807) is 0 Å². The van der Waals surface area contributed by atoms with Gasteiger partial charge < -0.3 is 14.7 Å². The predicted octanol–water partition coefficient (Wildman–Crippen LogP) is 1.73. The van der Waals surface area contributed by atoms with Crippen LogP contribution in [0.2, 0.25) is 0 Å². The third-order valence-electron chi connectivity index (χ3n) is 2.81. The number of halogens is 1. The molecule has 1 saturated heterocycles. The van der Waals surface area contributed by atoms with Crippen LogP contribution in [0.1, 0.15) is 6.42 Å². The molecule has 0 bridgehead atoms. The van der Waals surface area contributed by atoms with E-state index in [9.17, 15) is 14.0 Å². The Labute approximate surface area is 103 Å². The molecule has 0 saturated carbocycles. The molecule has 1 atom stereocenters. The van der Waals surface area contributed by atoms with Crippen LogP contribution in [-0.2, 0) is 4.79 Å². The van der Waals surface area contributed by atoms with Gasteiger partial charge in [0.15, 0.2) is 0 Å². The van der Waals surface area contributed by atoms with Crippen LogP contribution in [0.3, 0.4) is 0 Å². The van der Waals surface area contributed by atoms with Crippen molar-refractivity contribution in [3.05, 3.63) is 30.1 Å². The molecule has 0 radical (unpaired) electrons. The highest BCUT2D eigenvalue weighted by Crippen LogP contribution is 2.19. The Hall–Kier alpha value is -2.11. The summed E-state index contributed by atoms with van der Waals surface area (Å²) in [4.78, 5) is 23.8. The van der Waals surface area contributed by atoms with Crippen molar-refractivity contribution >= 4 is 12.1 Å². The summed E-state index contributed by atoms with van der Waals surface area (Å²) in [5.41, 5.74) is 0. The van der Waals surface area contributed by atoms with E-state index in [4.69, 9.17) is 9.84 Å². The Morgan fingerprint density at radius 1 is 1.33 bits per heavy atom. The fraction of sp³-hybridized carbons (Fsp3) is 0.333. The minimum atomic E-state index is -0.910. The number of amides is 1. The molecular formula is C12H12FNO4. The zero-order valence-corrected chi connectivity index (χ0v) is 9.51. The van der Waals surface area contributed by atoms with E-state index in [0.717, 1.165) is 0 Å². The number of likely N-dealkylation sites (tertiary alicyclic amines) is 1. The smallest absolute Gasteiger partial charge is 0.415 e. The molecule has 1 fully saturated rings. The third-order valence-corrected chi connectivity index (χ3v) is 2.81. The SMILES string of the molecule is O=C(O)C1CCN(C(=O)Oc2ccc(F)cc2)C1. The van der Waals surface area contributed by atoms with Crippen molar-refractivity contribution in [3.8, 4) is 5.75 Å². The molecule has 1 N–H and O–H groups in total. The van der Waals surface area contributed by atoms with Crippen LogP contribution >= 0.6 is 0 Å². The molecule has 0 aliphatic carbocycles. The molecule has 5 nitrogen and oxygen atoms in total. The molecule has 18 heavy (non-hydrogen) atoms. The number of hydrogen-bond acceptors (Lipinski definition) is 3. The van der Waals surface area contributed by atoms with E-state index in [-0.39, 0.29) is 12.3 Å². The van der Waals surface area contributed by atoms with Gasteiger partial charge in [0.1, 0.15) is 11.6 Å².